The zero-order chi connectivity index (χ0) is 16.2. The van der Waals surface area contributed by atoms with E-state index in [-0.39, 0.29) is 24.2 Å². The van der Waals surface area contributed by atoms with E-state index in [4.69, 9.17) is 14.2 Å². The Morgan fingerprint density at radius 1 is 1.22 bits per heavy atom. The maximum atomic E-state index is 12.1. The molecule has 0 spiro atoms. The van der Waals surface area contributed by atoms with Crippen LogP contribution in [0.15, 0.2) is 18.2 Å². The van der Waals surface area contributed by atoms with Crippen LogP contribution in [0.1, 0.15) is 10.4 Å². The Kier molecular flexibility index (Phi) is 4.71. The number of nitrogens with zero attached hydrogens (tertiary/aromatic N) is 1. The van der Waals surface area contributed by atoms with Crippen LogP contribution in [0.5, 0.6) is 11.5 Å². The van der Waals surface area contributed by atoms with Crippen molar-refractivity contribution < 1.29 is 28.6 Å². The molecule has 1 aromatic rings. The van der Waals surface area contributed by atoms with Crippen molar-refractivity contribution in [1.82, 2.24) is 4.90 Å². The number of amides is 1. The molecule has 7 nitrogen and oxygen atoms in total. The van der Waals surface area contributed by atoms with Gasteiger partial charge in [-0.3, -0.25) is 14.4 Å². The Morgan fingerprint density at radius 3 is 2.74 bits per heavy atom. The van der Waals surface area contributed by atoms with Crippen LogP contribution in [0.25, 0.3) is 0 Å². The maximum absolute atomic E-state index is 12.1. The number of ether oxygens (including phenoxy) is 3. The highest BCUT2D eigenvalue weighted by atomic mass is 32.2. The lowest BCUT2D eigenvalue weighted by atomic mass is 10.1. The molecule has 1 fully saturated rings. The topological polar surface area (TPSA) is 82.1 Å². The van der Waals surface area contributed by atoms with Gasteiger partial charge in [-0.05, 0) is 18.2 Å². The predicted octanol–water partition coefficient (Wildman–Crippen LogP) is 1.35. The second-order valence-electron chi connectivity index (χ2n) is 4.98. The van der Waals surface area contributed by atoms with Crippen molar-refractivity contribution in [2.75, 3.05) is 38.7 Å². The van der Waals surface area contributed by atoms with E-state index in [1.807, 2.05) is 0 Å². The molecule has 2 aliphatic rings. The van der Waals surface area contributed by atoms with Gasteiger partial charge < -0.3 is 19.1 Å². The highest BCUT2D eigenvalue weighted by Crippen LogP contribution is 2.30. The lowest BCUT2D eigenvalue weighted by Gasteiger charge is -2.18. The van der Waals surface area contributed by atoms with Gasteiger partial charge in [0.1, 0.15) is 19.8 Å². The van der Waals surface area contributed by atoms with Gasteiger partial charge in [0.05, 0.1) is 0 Å². The van der Waals surface area contributed by atoms with Gasteiger partial charge >= 0.3 is 5.97 Å². The fourth-order valence-corrected chi connectivity index (χ4v) is 3.04. The van der Waals surface area contributed by atoms with Crippen molar-refractivity contribution in [2.24, 2.45) is 0 Å². The van der Waals surface area contributed by atoms with Crippen LogP contribution in [-0.4, -0.2) is 60.6 Å². The van der Waals surface area contributed by atoms with Crippen molar-refractivity contribution in [1.29, 1.82) is 0 Å². The molecule has 0 atom stereocenters. The second-order valence-corrected chi connectivity index (χ2v) is 6.02. The van der Waals surface area contributed by atoms with Crippen molar-refractivity contribution >= 4 is 28.8 Å². The Bertz CT molecular complexity index is 647. The van der Waals surface area contributed by atoms with E-state index in [1.54, 1.807) is 18.2 Å². The fourth-order valence-electron chi connectivity index (χ4n) is 2.22. The minimum absolute atomic E-state index is 0.125. The third-order valence-corrected chi connectivity index (χ3v) is 4.29. The summed E-state index contributed by atoms with van der Waals surface area (Å²) >= 11 is 1.17. The van der Waals surface area contributed by atoms with Crippen LogP contribution >= 0.6 is 11.8 Å². The van der Waals surface area contributed by atoms with Crippen LogP contribution in [0.3, 0.4) is 0 Å². The Balaban J connectivity index is 1.52. The SMILES string of the molecule is O=C(CN1CCSC1=O)OCC(=O)c1ccc2c(c1)OCCO2. The Morgan fingerprint density at radius 2 is 2.00 bits per heavy atom. The first-order chi connectivity index (χ1) is 11.1. The lowest BCUT2D eigenvalue weighted by Crippen LogP contribution is -2.31. The second kappa shape index (κ2) is 6.91. The number of benzene rings is 1. The van der Waals surface area contributed by atoms with E-state index in [1.165, 1.54) is 16.7 Å². The Hall–Kier alpha value is -2.22. The number of thioether (sulfide) groups is 1. The van der Waals surface area contributed by atoms with Gasteiger partial charge in [0.25, 0.3) is 5.24 Å². The summed E-state index contributed by atoms with van der Waals surface area (Å²) in [5.41, 5.74) is 0.384. The smallest absolute Gasteiger partial charge is 0.326 e. The molecular weight excluding hydrogens is 322 g/mol. The summed E-state index contributed by atoms with van der Waals surface area (Å²) in [4.78, 5) is 36.6. The molecule has 0 bridgehead atoms. The van der Waals surface area contributed by atoms with E-state index >= 15 is 0 Å². The van der Waals surface area contributed by atoms with Gasteiger partial charge in [-0.2, -0.15) is 0 Å². The third kappa shape index (κ3) is 3.76. The molecule has 0 aliphatic carbocycles. The first kappa shape index (κ1) is 15.7. The zero-order valence-electron chi connectivity index (χ0n) is 12.3. The molecule has 122 valence electrons. The summed E-state index contributed by atoms with van der Waals surface area (Å²) in [7, 11) is 0. The predicted molar refractivity (Wildman–Crippen MR) is 82.1 cm³/mol. The first-order valence-electron chi connectivity index (χ1n) is 7.13. The maximum Gasteiger partial charge on any atom is 0.326 e. The minimum Gasteiger partial charge on any atom is -0.486 e. The molecule has 1 aromatic carbocycles. The monoisotopic (exact) mass is 337 g/mol. The molecule has 23 heavy (non-hydrogen) atoms. The van der Waals surface area contributed by atoms with Crippen molar-refractivity contribution in [3.8, 4) is 11.5 Å². The van der Waals surface area contributed by atoms with E-state index in [9.17, 15) is 14.4 Å². The van der Waals surface area contributed by atoms with Gasteiger partial charge in [0.15, 0.2) is 23.9 Å². The Labute approximate surface area is 136 Å². The largest absolute Gasteiger partial charge is 0.486 e. The standard InChI is InChI=1S/C15H15NO6S/c17-11(9-22-14(18)8-16-3-6-23-15(16)19)10-1-2-12-13(7-10)21-5-4-20-12/h1-2,7H,3-6,8-9H2. The van der Waals surface area contributed by atoms with Crippen LogP contribution in [0.2, 0.25) is 0 Å². The molecule has 8 heteroatoms. The molecule has 3 rings (SSSR count). The van der Waals surface area contributed by atoms with E-state index in [0.29, 0.717) is 42.6 Å². The summed E-state index contributed by atoms with van der Waals surface area (Å²) in [6.45, 7) is 0.940. The number of hydrogen-bond donors (Lipinski definition) is 0. The lowest BCUT2D eigenvalue weighted by molar-refractivity contribution is -0.142. The number of hydrogen-bond acceptors (Lipinski definition) is 7. The first-order valence-corrected chi connectivity index (χ1v) is 8.12. The highest BCUT2D eigenvalue weighted by Gasteiger charge is 2.24. The molecule has 0 radical (unpaired) electrons. The normalized spacial score (nSPS) is 16.3. The summed E-state index contributed by atoms with van der Waals surface area (Å²) in [6, 6.07) is 4.83. The van der Waals surface area contributed by atoms with Gasteiger partial charge in [0.2, 0.25) is 0 Å². The molecular formula is C15H15NO6S. The summed E-state index contributed by atoms with van der Waals surface area (Å²) < 4.78 is 15.7. The molecule has 2 aliphatic heterocycles. The summed E-state index contributed by atoms with van der Waals surface area (Å²) in [5.74, 6) is 0.842. The van der Waals surface area contributed by atoms with Gasteiger partial charge in [-0.1, -0.05) is 11.8 Å². The van der Waals surface area contributed by atoms with Crippen LogP contribution < -0.4 is 9.47 Å². The van der Waals surface area contributed by atoms with Crippen LogP contribution in [-0.2, 0) is 9.53 Å². The quantitative estimate of drug-likeness (QED) is 0.592. The number of ketones is 1. The number of rotatable bonds is 5. The number of esters is 1. The van der Waals surface area contributed by atoms with E-state index < -0.39 is 5.97 Å². The number of carbonyl (C=O) groups is 3. The molecule has 0 saturated carbocycles. The molecule has 1 saturated heterocycles. The molecule has 2 heterocycles. The van der Waals surface area contributed by atoms with Crippen molar-refractivity contribution in [3.05, 3.63) is 23.8 Å². The van der Waals surface area contributed by atoms with E-state index in [2.05, 4.69) is 0 Å². The number of carbonyl (C=O) groups excluding carboxylic acids is 3. The highest BCUT2D eigenvalue weighted by molar-refractivity contribution is 8.13. The van der Waals surface area contributed by atoms with Crippen molar-refractivity contribution in [3.63, 3.8) is 0 Å². The fraction of sp³-hybridized carbons (Fsp3) is 0.400. The average molecular weight is 337 g/mol. The molecule has 0 unspecified atom stereocenters. The molecule has 0 aromatic heterocycles. The van der Waals surface area contributed by atoms with Gasteiger partial charge in [0, 0.05) is 17.9 Å². The third-order valence-electron chi connectivity index (χ3n) is 3.39. The van der Waals surface area contributed by atoms with Gasteiger partial charge in [-0.15, -0.1) is 0 Å². The number of Topliss-reactive ketones (excluding diaryl/α,β-unsaturated/α-hetero) is 1. The van der Waals surface area contributed by atoms with Crippen LogP contribution in [0.4, 0.5) is 4.79 Å². The minimum atomic E-state index is -0.591. The van der Waals surface area contributed by atoms with E-state index in [0.717, 1.165) is 0 Å². The summed E-state index contributed by atoms with van der Waals surface area (Å²) in [5, 5.41) is -0.139. The molecule has 1 amide bonds. The average Bonchev–Trinajstić information content (AvgIpc) is 2.97. The van der Waals surface area contributed by atoms with Gasteiger partial charge in [-0.25, -0.2) is 0 Å². The zero-order valence-corrected chi connectivity index (χ0v) is 13.1. The van der Waals surface area contributed by atoms with Crippen molar-refractivity contribution in [2.45, 2.75) is 0 Å². The molecule has 0 N–H and O–H groups in total. The number of fused-ring (bicyclic) bond motifs is 1. The van der Waals surface area contributed by atoms with Crippen LogP contribution in [0, 0.1) is 0 Å². The summed E-state index contributed by atoms with van der Waals surface area (Å²) in [6.07, 6.45) is 0.